The van der Waals surface area contributed by atoms with Crippen LogP contribution in [0.4, 0.5) is 43.4 Å². The fourth-order valence-corrected chi connectivity index (χ4v) is 6.37. The highest BCUT2D eigenvalue weighted by atomic mass is 32.1. The Kier molecular flexibility index (Phi) is 7.95. The predicted molar refractivity (Wildman–Crippen MR) is 171 cm³/mol. The maximum absolute atomic E-state index is 11.1. The second kappa shape index (κ2) is 12.1. The molecule has 2 aromatic heterocycles. The predicted octanol–water partition coefficient (Wildman–Crippen LogP) is 7.56. The van der Waals surface area contributed by atoms with Crippen LogP contribution in [0.2, 0.25) is 0 Å². The molecule has 0 unspecified atom stereocenters. The van der Waals surface area contributed by atoms with Crippen LogP contribution in [0.3, 0.4) is 0 Å². The van der Waals surface area contributed by atoms with Crippen molar-refractivity contribution in [1.29, 1.82) is 0 Å². The Hall–Kier alpha value is -4.59. The Morgan fingerprint density at radius 1 is 0.929 bits per heavy atom. The number of aromatic nitrogens is 1. The summed E-state index contributed by atoms with van der Waals surface area (Å²) in [6.45, 7) is 6.35. The third-order valence-corrected chi connectivity index (χ3v) is 8.92. The number of nitrogens with one attached hydrogen (secondary N) is 3. The molecule has 11 nitrogen and oxygen atoms in total. The van der Waals surface area contributed by atoms with Crippen LogP contribution >= 0.6 is 22.9 Å². The minimum absolute atomic E-state index is 0.00423. The molecule has 1 aliphatic heterocycles. The van der Waals surface area contributed by atoms with Gasteiger partial charge in [0.1, 0.15) is 5.00 Å². The van der Waals surface area contributed by atoms with Gasteiger partial charge in [0.05, 0.1) is 32.5 Å². The molecule has 1 aliphatic rings. The molecule has 0 atom stereocenters. The van der Waals surface area contributed by atoms with Crippen molar-refractivity contribution in [3.05, 3.63) is 88.0 Å². The lowest BCUT2D eigenvalue weighted by Crippen LogP contribution is -2.83. The Morgan fingerprint density at radius 3 is 2.52 bits per heavy atom. The standard InChI is InChI=1S/C29H29N9O2S2/c1-18-16-21(31-34-27-11-12-28(41-27)37-13-3-4-14-37)6-8-24(18)32-30-20-5-9-25(19(2)15-20)33-35-29-23-17-22(38(39)40)7-10-26(23)36-42-29/h5-12,15-17,30-32,34H,3-4,13-14H2,1-2H3/p+1. The number of anilines is 4. The fourth-order valence-electron chi connectivity index (χ4n) is 4.77. The molecule has 0 aliphatic carbocycles. The number of nitrogen functional groups attached to an aromatic ring is 1. The molecule has 5 N–H and O–H groups in total. The number of nitro benzene ring substituents is 1. The summed E-state index contributed by atoms with van der Waals surface area (Å²) in [5.41, 5.74) is 18.5. The van der Waals surface area contributed by atoms with Crippen LogP contribution in [-0.2, 0) is 0 Å². The van der Waals surface area contributed by atoms with Crippen molar-refractivity contribution < 1.29 is 10.3 Å². The summed E-state index contributed by atoms with van der Waals surface area (Å²) in [6.07, 6.45) is 2.55. The lowest BCUT2D eigenvalue weighted by molar-refractivity contribution is -0.538. The van der Waals surface area contributed by atoms with Gasteiger partial charge < -0.3 is 10.3 Å². The van der Waals surface area contributed by atoms with Gasteiger partial charge in [0.25, 0.3) is 5.69 Å². The number of quaternary nitrogens is 1. The molecule has 0 spiro atoms. The van der Waals surface area contributed by atoms with Crippen LogP contribution in [0.15, 0.2) is 77.0 Å². The molecule has 3 aromatic carbocycles. The molecule has 13 heteroatoms. The number of non-ortho nitro benzene ring substituents is 1. The third kappa shape index (κ3) is 6.17. The van der Waals surface area contributed by atoms with E-state index < -0.39 is 4.92 Å². The van der Waals surface area contributed by atoms with Gasteiger partial charge in [0, 0.05) is 42.2 Å². The summed E-state index contributed by atoms with van der Waals surface area (Å²) in [7, 11) is 0. The molecule has 5 aromatic rings. The van der Waals surface area contributed by atoms with E-state index in [1.54, 1.807) is 17.4 Å². The van der Waals surface area contributed by atoms with Crippen molar-refractivity contribution in [2.45, 2.75) is 26.7 Å². The summed E-state index contributed by atoms with van der Waals surface area (Å²) in [5, 5.41) is 23.4. The van der Waals surface area contributed by atoms with Crippen molar-refractivity contribution in [2.75, 3.05) is 34.3 Å². The first-order valence-corrected chi connectivity index (χ1v) is 15.2. The zero-order valence-electron chi connectivity index (χ0n) is 23.1. The molecule has 0 saturated carbocycles. The second-order valence-corrected chi connectivity index (χ2v) is 11.9. The Labute approximate surface area is 250 Å². The summed E-state index contributed by atoms with van der Waals surface area (Å²) in [6, 6.07) is 20.9. The number of nitro groups is 1. The van der Waals surface area contributed by atoms with Gasteiger partial charge in [-0.2, -0.15) is 4.37 Å². The Bertz CT molecular complexity index is 1780. The van der Waals surface area contributed by atoms with Crippen molar-refractivity contribution in [1.82, 2.24) is 4.37 Å². The van der Waals surface area contributed by atoms with E-state index in [1.165, 1.54) is 41.5 Å². The molecular formula is C29H30N9O2S2+. The Morgan fingerprint density at radius 2 is 1.74 bits per heavy atom. The van der Waals surface area contributed by atoms with Gasteiger partial charge >= 0.3 is 0 Å². The highest BCUT2D eigenvalue weighted by Gasteiger charge is 2.15. The van der Waals surface area contributed by atoms with E-state index in [9.17, 15) is 10.1 Å². The largest absolute Gasteiger partial charge is 0.363 e. The SMILES string of the molecule is Cc1cc(N[NH2+]c2ccc(NNc3ccc(N4CCCC4)s3)cc2C)ccc1N=Nc1snc2ccc([N+](=O)[O-])cc12. The van der Waals surface area contributed by atoms with E-state index in [0.29, 0.717) is 21.6 Å². The average Bonchev–Trinajstić information content (AvgIpc) is 3.76. The molecule has 3 heterocycles. The number of thiophene rings is 1. The number of benzene rings is 3. The smallest absolute Gasteiger partial charge is 0.270 e. The van der Waals surface area contributed by atoms with Gasteiger partial charge in [-0.1, -0.05) is 11.3 Å². The first-order valence-electron chi connectivity index (χ1n) is 13.6. The van der Waals surface area contributed by atoms with E-state index >= 15 is 0 Å². The molecule has 0 amide bonds. The maximum Gasteiger partial charge on any atom is 0.270 e. The van der Waals surface area contributed by atoms with Crippen molar-refractivity contribution in [2.24, 2.45) is 10.2 Å². The first kappa shape index (κ1) is 27.6. The molecule has 1 saturated heterocycles. The van der Waals surface area contributed by atoms with Crippen LogP contribution < -0.4 is 26.6 Å². The number of nitrogens with two attached hydrogens (primary N) is 1. The molecule has 6 rings (SSSR count). The molecule has 0 radical (unpaired) electrons. The van der Waals surface area contributed by atoms with Crippen LogP contribution in [0.1, 0.15) is 24.0 Å². The lowest BCUT2D eigenvalue weighted by atomic mass is 10.2. The van der Waals surface area contributed by atoms with E-state index in [0.717, 1.165) is 46.3 Å². The number of hydrogen-bond donors (Lipinski definition) is 4. The van der Waals surface area contributed by atoms with Crippen LogP contribution in [0.25, 0.3) is 10.9 Å². The van der Waals surface area contributed by atoms with E-state index in [4.69, 9.17) is 0 Å². The van der Waals surface area contributed by atoms with Crippen LogP contribution in [0, 0.1) is 24.0 Å². The number of hydrazine groups is 1. The van der Waals surface area contributed by atoms with E-state index in [-0.39, 0.29) is 5.69 Å². The zero-order valence-corrected chi connectivity index (χ0v) is 24.8. The van der Waals surface area contributed by atoms with E-state index in [2.05, 4.69) is 73.0 Å². The summed E-state index contributed by atoms with van der Waals surface area (Å²) < 4.78 is 4.31. The first-order chi connectivity index (χ1) is 20.4. The van der Waals surface area contributed by atoms with Gasteiger partial charge in [-0.3, -0.25) is 15.5 Å². The second-order valence-electron chi connectivity index (χ2n) is 10.1. The summed E-state index contributed by atoms with van der Waals surface area (Å²) in [4.78, 5) is 13.2. The molecule has 0 bridgehead atoms. The number of aryl methyl sites for hydroxylation is 2. The number of rotatable bonds is 10. The van der Waals surface area contributed by atoms with E-state index in [1.807, 2.05) is 30.5 Å². The lowest BCUT2D eigenvalue weighted by Gasteiger charge is -2.14. The normalized spacial score (nSPS) is 13.2. The molecule has 214 valence electrons. The molecule has 42 heavy (non-hydrogen) atoms. The average molecular weight is 601 g/mol. The summed E-state index contributed by atoms with van der Waals surface area (Å²) >= 11 is 2.93. The van der Waals surface area contributed by atoms with Gasteiger partial charge in [-0.25, -0.2) is 10.9 Å². The quantitative estimate of drug-likeness (QED) is 0.0427. The summed E-state index contributed by atoms with van der Waals surface area (Å²) in [5.74, 6) is 0. The fraction of sp³-hybridized carbons (Fsp3) is 0.207. The van der Waals surface area contributed by atoms with Gasteiger partial charge in [-0.05, 0) is 92.3 Å². The van der Waals surface area contributed by atoms with Gasteiger partial charge in [0.15, 0.2) is 10.7 Å². The van der Waals surface area contributed by atoms with Crippen molar-refractivity contribution in [3.8, 4) is 0 Å². The highest BCUT2D eigenvalue weighted by Crippen LogP contribution is 2.35. The maximum atomic E-state index is 11.1. The zero-order chi connectivity index (χ0) is 29.1. The van der Waals surface area contributed by atoms with Crippen molar-refractivity contribution in [3.63, 3.8) is 0 Å². The number of nitrogens with zero attached hydrogens (tertiary/aromatic N) is 5. The van der Waals surface area contributed by atoms with Crippen LogP contribution in [0.5, 0.6) is 0 Å². The monoisotopic (exact) mass is 600 g/mol. The minimum atomic E-state index is -0.425. The number of fused-ring (bicyclic) bond motifs is 1. The minimum Gasteiger partial charge on any atom is -0.363 e. The third-order valence-electron chi connectivity index (χ3n) is 7.10. The number of azo groups is 1. The van der Waals surface area contributed by atoms with Gasteiger partial charge in [-0.15, -0.1) is 10.2 Å². The molecular weight excluding hydrogens is 571 g/mol. The Balaban J connectivity index is 1.05. The topological polar surface area (TPSA) is 137 Å². The van der Waals surface area contributed by atoms with Crippen molar-refractivity contribution >= 4 is 77.2 Å². The van der Waals surface area contributed by atoms with Gasteiger partial charge in [0.2, 0.25) is 0 Å². The highest BCUT2D eigenvalue weighted by molar-refractivity contribution is 7.20. The van der Waals surface area contributed by atoms with Crippen LogP contribution in [-0.4, -0.2) is 22.4 Å². The molecule has 1 fully saturated rings. The number of hydrogen-bond acceptors (Lipinski definition) is 11.